The highest BCUT2D eigenvalue weighted by Crippen LogP contribution is 2.30. The number of aromatic nitrogens is 1. The first-order valence-corrected chi connectivity index (χ1v) is 14.4. The Morgan fingerprint density at radius 2 is 1.61 bits per heavy atom. The summed E-state index contributed by atoms with van der Waals surface area (Å²) in [6.07, 6.45) is 0. The maximum atomic E-state index is 13.3. The minimum Gasteiger partial charge on any atom is -0.379 e. The van der Waals surface area contributed by atoms with Crippen LogP contribution in [0.15, 0.2) is 58.8 Å². The van der Waals surface area contributed by atoms with E-state index in [1.807, 2.05) is 0 Å². The van der Waals surface area contributed by atoms with Gasteiger partial charge >= 0.3 is 0 Å². The van der Waals surface area contributed by atoms with E-state index in [0.717, 1.165) is 4.90 Å². The van der Waals surface area contributed by atoms with Crippen molar-refractivity contribution in [2.24, 2.45) is 5.92 Å². The molecule has 2 aromatic carbocycles. The van der Waals surface area contributed by atoms with Gasteiger partial charge in [0.15, 0.2) is 5.13 Å². The molecule has 0 aliphatic carbocycles. The van der Waals surface area contributed by atoms with Crippen molar-refractivity contribution < 1.29 is 27.5 Å². The molecule has 198 valence electrons. The molecule has 2 aliphatic heterocycles. The van der Waals surface area contributed by atoms with Crippen molar-refractivity contribution in [3.63, 3.8) is 0 Å². The molecule has 3 amide bonds. The van der Waals surface area contributed by atoms with Gasteiger partial charge in [-0.15, -0.1) is 11.3 Å². The number of ether oxygens (including phenoxy) is 1. The second kappa shape index (κ2) is 10.4. The fraction of sp³-hybridized carbons (Fsp3) is 0.308. The van der Waals surface area contributed by atoms with Gasteiger partial charge in [0.05, 0.1) is 34.9 Å². The third-order valence-electron chi connectivity index (χ3n) is 6.50. The normalized spacial score (nSPS) is 17.1. The van der Waals surface area contributed by atoms with E-state index in [2.05, 4.69) is 10.3 Å². The van der Waals surface area contributed by atoms with E-state index in [1.165, 1.54) is 27.8 Å². The van der Waals surface area contributed by atoms with Crippen LogP contribution in [0.2, 0.25) is 0 Å². The van der Waals surface area contributed by atoms with Gasteiger partial charge in [0.25, 0.3) is 11.8 Å². The van der Waals surface area contributed by atoms with E-state index in [0.29, 0.717) is 42.7 Å². The number of imide groups is 1. The van der Waals surface area contributed by atoms with Gasteiger partial charge in [0, 0.05) is 24.0 Å². The Kier molecular flexibility index (Phi) is 7.14. The number of rotatable bonds is 7. The number of nitrogens with zero attached hydrogens (tertiary/aromatic N) is 3. The first-order chi connectivity index (χ1) is 18.2. The Balaban J connectivity index is 1.31. The molecule has 1 fully saturated rings. The van der Waals surface area contributed by atoms with Crippen LogP contribution in [0.4, 0.5) is 5.13 Å². The number of sulfonamides is 1. The molecule has 1 aromatic heterocycles. The van der Waals surface area contributed by atoms with E-state index >= 15 is 0 Å². The number of morpholine rings is 1. The molecule has 3 aromatic rings. The van der Waals surface area contributed by atoms with E-state index in [4.69, 9.17) is 4.74 Å². The summed E-state index contributed by atoms with van der Waals surface area (Å²) in [4.78, 5) is 44.9. The topological polar surface area (TPSA) is 126 Å². The molecule has 38 heavy (non-hydrogen) atoms. The number of hydrogen-bond acceptors (Lipinski definition) is 8. The zero-order valence-corrected chi connectivity index (χ0v) is 22.4. The van der Waals surface area contributed by atoms with Crippen LogP contribution in [-0.2, 0) is 19.6 Å². The van der Waals surface area contributed by atoms with Crippen LogP contribution in [-0.4, -0.2) is 72.7 Å². The predicted molar refractivity (Wildman–Crippen MR) is 141 cm³/mol. The smallest absolute Gasteiger partial charge is 0.262 e. The molecular weight excluding hydrogens is 528 g/mol. The summed E-state index contributed by atoms with van der Waals surface area (Å²) in [5.74, 6) is -1.84. The summed E-state index contributed by atoms with van der Waals surface area (Å²) in [6, 6.07) is 11.9. The van der Waals surface area contributed by atoms with Gasteiger partial charge in [0.1, 0.15) is 6.04 Å². The van der Waals surface area contributed by atoms with Gasteiger partial charge in [0.2, 0.25) is 15.9 Å². The molecule has 5 rings (SSSR count). The van der Waals surface area contributed by atoms with Gasteiger partial charge in [-0.1, -0.05) is 38.1 Å². The van der Waals surface area contributed by atoms with Crippen molar-refractivity contribution in [1.82, 2.24) is 14.2 Å². The second-order valence-corrected chi connectivity index (χ2v) is 12.1. The molecule has 0 spiro atoms. The van der Waals surface area contributed by atoms with Crippen molar-refractivity contribution in [3.8, 4) is 11.3 Å². The maximum Gasteiger partial charge on any atom is 0.262 e. The van der Waals surface area contributed by atoms with E-state index in [-0.39, 0.29) is 21.9 Å². The van der Waals surface area contributed by atoms with Gasteiger partial charge in [-0.2, -0.15) is 4.31 Å². The minimum atomic E-state index is -3.61. The van der Waals surface area contributed by atoms with Crippen LogP contribution in [0.5, 0.6) is 0 Å². The molecule has 0 bridgehead atoms. The number of nitrogens with one attached hydrogen (secondary N) is 1. The summed E-state index contributed by atoms with van der Waals surface area (Å²) in [6.45, 7) is 4.92. The Hall–Kier alpha value is -3.45. The quantitative estimate of drug-likeness (QED) is 0.445. The first-order valence-electron chi connectivity index (χ1n) is 12.1. The third kappa shape index (κ3) is 4.75. The highest BCUT2D eigenvalue weighted by molar-refractivity contribution is 7.89. The molecule has 1 saturated heterocycles. The van der Waals surface area contributed by atoms with Crippen LogP contribution in [0.1, 0.15) is 34.6 Å². The van der Waals surface area contributed by atoms with Gasteiger partial charge in [-0.05, 0) is 30.2 Å². The van der Waals surface area contributed by atoms with E-state index in [1.54, 1.807) is 55.6 Å². The molecule has 0 radical (unpaired) electrons. The number of carbonyl (C=O) groups is 3. The van der Waals surface area contributed by atoms with Crippen molar-refractivity contribution >= 4 is 44.2 Å². The SMILES string of the molecule is CC(C)[C@H](C(=O)Nc1nc(-c2ccc(S(=O)(=O)N3CCOCC3)cc2)cs1)N1C(=O)c2ccccc2C1=O. The molecule has 10 nitrogen and oxygen atoms in total. The van der Waals surface area contributed by atoms with Crippen LogP contribution < -0.4 is 5.32 Å². The summed E-state index contributed by atoms with van der Waals surface area (Å²) in [5.41, 5.74) is 1.81. The Morgan fingerprint density at radius 3 is 2.18 bits per heavy atom. The van der Waals surface area contributed by atoms with Gasteiger partial charge < -0.3 is 10.1 Å². The number of amides is 3. The Bertz CT molecular complexity index is 1460. The lowest BCUT2D eigenvalue weighted by Crippen LogP contribution is -2.50. The highest BCUT2D eigenvalue weighted by atomic mass is 32.2. The molecule has 2 aliphatic rings. The zero-order valence-electron chi connectivity index (χ0n) is 20.8. The van der Waals surface area contributed by atoms with Crippen LogP contribution >= 0.6 is 11.3 Å². The molecular formula is C26H26N4O6S2. The molecule has 3 heterocycles. The monoisotopic (exact) mass is 554 g/mol. The molecule has 12 heteroatoms. The summed E-state index contributed by atoms with van der Waals surface area (Å²) >= 11 is 1.19. The fourth-order valence-corrected chi connectivity index (χ4v) is 6.69. The Labute approximate surface area is 224 Å². The summed E-state index contributed by atoms with van der Waals surface area (Å²) in [5, 5.41) is 4.79. The average Bonchev–Trinajstić information content (AvgIpc) is 3.48. The van der Waals surface area contributed by atoms with Crippen LogP contribution in [0, 0.1) is 5.92 Å². The van der Waals surface area contributed by atoms with E-state index in [9.17, 15) is 22.8 Å². The van der Waals surface area contributed by atoms with Crippen molar-refractivity contribution in [2.75, 3.05) is 31.6 Å². The van der Waals surface area contributed by atoms with Gasteiger partial charge in [-0.25, -0.2) is 13.4 Å². The minimum absolute atomic E-state index is 0.188. The molecule has 0 saturated carbocycles. The predicted octanol–water partition coefficient (Wildman–Crippen LogP) is 3.09. The third-order valence-corrected chi connectivity index (χ3v) is 9.17. The second-order valence-electron chi connectivity index (χ2n) is 9.28. The lowest BCUT2D eigenvalue weighted by Gasteiger charge is -2.27. The summed E-state index contributed by atoms with van der Waals surface area (Å²) < 4.78 is 32.4. The average molecular weight is 555 g/mol. The standard InChI is InChI=1S/C26H26N4O6S2/c1-16(2)22(30-24(32)19-5-3-4-6-20(19)25(30)33)23(31)28-26-27-21(15-37-26)17-7-9-18(10-8-17)38(34,35)29-11-13-36-14-12-29/h3-10,15-16,22H,11-14H2,1-2H3,(H,27,28,31)/t22-/m1/s1. The van der Waals surface area contributed by atoms with Crippen molar-refractivity contribution in [3.05, 3.63) is 65.0 Å². The van der Waals surface area contributed by atoms with Crippen LogP contribution in [0.25, 0.3) is 11.3 Å². The lowest BCUT2D eigenvalue weighted by atomic mass is 10.0. The van der Waals surface area contributed by atoms with Crippen molar-refractivity contribution in [1.29, 1.82) is 0 Å². The molecule has 0 unspecified atom stereocenters. The highest BCUT2D eigenvalue weighted by Gasteiger charge is 2.44. The van der Waals surface area contributed by atoms with Crippen molar-refractivity contribution in [2.45, 2.75) is 24.8 Å². The number of carbonyl (C=O) groups excluding carboxylic acids is 3. The number of anilines is 1. The first kappa shape index (κ1) is 26.2. The largest absolute Gasteiger partial charge is 0.379 e. The maximum absolute atomic E-state index is 13.3. The molecule has 1 atom stereocenters. The van der Waals surface area contributed by atoms with Crippen LogP contribution in [0.3, 0.4) is 0 Å². The number of hydrogen-bond donors (Lipinski definition) is 1. The number of benzene rings is 2. The van der Waals surface area contributed by atoms with E-state index < -0.39 is 33.8 Å². The molecule has 1 N–H and O–H groups in total. The summed E-state index contributed by atoms with van der Waals surface area (Å²) in [7, 11) is -3.61. The van der Waals surface area contributed by atoms with Gasteiger partial charge in [-0.3, -0.25) is 19.3 Å². The number of fused-ring (bicyclic) bond motifs is 1. The number of thiazole rings is 1. The lowest BCUT2D eigenvalue weighted by molar-refractivity contribution is -0.121. The Morgan fingerprint density at radius 1 is 1.00 bits per heavy atom. The zero-order chi connectivity index (χ0) is 27.0. The fourth-order valence-electron chi connectivity index (χ4n) is 4.56.